The minimum absolute atomic E-state index is 0.0594. The van der Waals surface area contributed by atoms with Crippen molar-refractivity contribution in [2.75, 3.05) is 0 Å². The fourth-order valence-corrected chi connectivity index (χ4v) is 2.52. The Morgan fingerprint density at radius 1 is 1.26 bits per heavy atom. The largest absolute Gasteiger partial charge is 0.336 e. The zero-order chi connectivity index (χ0) is 13.1. The van der Waals surface area contributed by atoms with Crippen molar-refractivity contribution < 1.29 is 9.63 Å². The molecule has 1 saturated carbocycles. The molecule has 0 N–H and O–H groups in total. The second kappa shape index (κ2) is 5.26. The first-order valence-corrected chi connectivity index (χ1v) is 6.64. The van der Waals surface area contributed by atoms with Crippen molar-refractivity contribution in [3.05, 3.63) is 42.9 Å². The lowest BCUT2D eigenvalue weighted by atomic mass is 10.1. The first-order chi connectivity index (χ1) is 9.34. The van der Waals surface area contributed by atoms with Gasteiger partial charge in [0.05, 0.1) is 11.6 Å². The van der Waals surface area contributed by atoms with Crippen LogP contribution >= 0.6 is 0 Å². The normalized spacial score (nSPS) is 15.6. The van der Waals surface area contributed by atoms with E-state index < -0.39 is 0 Å². The summed E-state index contributed by atoms with van der Waals surface area (Å²) < 4.78 is 1.54. The van der Waals surface area contributed by atoms with Crippen LogP contribution in [0.1, 0.15) is 25.7 Å². The number of carbonyl (C=O) groups excluding carboxylic acids is 1. The molecular weight excluding hydrogens is 240 g/mol. The van der Waals surface area contributed by atoms with Gasteiger partial charge in [-0.25, -0.2) is 4.79 Å². The summed E-state index contributed by atoms with van der Waals surface area (Å²) in [5, 5.41) is 0. The van der Waals surface area contributed by atoms with Crippen LogP contribution in [0.4, 0.5) is 0 Å². The Kier molecular flexibility index (Phi) is 3.31. The first kappa shape index (κ1) is 12.0. The number of rotatable bonds is 3. The lowest BCUT2D eigenvalue weighted by molar-refractivity contribution is -0.148. The van der Waals surface area contributed by atoms with E-state index in [1.165, 1.54) is 4.73 Å². The molecule has 1 fully saturated rings. The van der Waals surface area contributed by atoms with Gasteiger partial charge in [-0.1, -0.05) is 12.8 Å². The van der Waals surface area contributed by atoms with Crippen molar-refractivity contribution in [3.63, 3.8) is 0 Å². The number of pyridine rings is 1. The van der Waals surface area contributed by atoms with Crippen LogP contribution in [0.25, 0.3) is 11.3 Å². The van der Waals surface area contributed by atoms with Gasteiger partial charge in [-0.05, 0) is 37.1 Å². The van der Waals surface area contributed by atoms with Crippen LogP contribution in [0.15, 0.2) is 42.9 Å². The molecule has 1 aliphatic rings. The highest BCUT2D eigenvalue weighted by atomic mass is 16.7. The minimum atomic E-state index is -0.126. The summed E-state index contributed by atoms with van der Waals surface area (Å²) in [6.07, 6.45) is 9.39. The molecular formula is C15H16N2O2. The van der Waals surface area contributed by atoms with Crippen molar-refractivity contribution in [2.24, 2.45) is 5.92 Å². The second-order valence-electron chi connectivity index (χ2n) is 4.85. The van der Waals surface area contributed by atoms with Crippen LogP contribution in [0.3, 0.4) is 0 Å². The Morgan fingerprint density at radius 3 is 2.84 bits per heavy atom. The minimum Gasteiger partial charge on any atom is -0.336 e. The van der Waals surface area contributed by atoms with Gasteiger partial charge in [0.25, 0.3) is 0 Å². The fourth-order valence-electron chi connectivity index (χ4n) is 2.52. The van der Waals surface area contributed by atoms with E-state index >= 15 is 0 Å². The molecule has 98 valence electrons. The Hall–Kier alpha value is -2.10. The molecule has 4 heteroatoms. The summed E-state index contributed by atoms with van der Waals surface area (Å²) in [5.41, 5.74) is 1.78. The summed E-state index contributed by atoms with van der Waals surface area (Å²) >= 11 is 0. The van der Waals surface area contributed by atoms with Crippen LogP contribution in [-0.4, -0.2) is 15.7 Å². The van der Waals surface area contributed by atoms with Crippen molar-refractivity contribution in [1.29, 1.82) is 0 Å². The van der Waals surface area contributed by atoms with E-state index in [-0.39, 0.29) is 11.9 Å². The number of aromatic nitrogens is 2. The number of carbonyl (C=O) groups is 1. The molecule has 0 amide bonds. The van der Waals surface area contributed by atoms with Gasteiger partial charge in [-0.2, -0.15) is 4.73 Å². The molecule has 0 saturated heterocycles. The molecule has 2 aromatic heterocycles. The quantitative estimate of drug-likeness (QED) is 0.848. The highest BCUT2D eigenvalue weighted by molar-refractivity contribution is 5.73. The van der Waals surface area contributed by atoms with Crippen LogP contribution in [-0.2, 0) is 4.79 Å². The van der Waals surface area contributed by atoms with Gasteiger partial charge in [0.15, 0.2) is 0 Å². The van der Waals surface area contributed by atoms with Gasteiger partial charge >= 0.3 is 5.97 Å². The van der Waals surface area contributed by atoms with E-state index in [2.05, 4.69) is 4.98 Å². The highest BCUT2D eigenvalue weighted by Crippen LogP contribution is 2.25. The zero-order valence-electron chi connectivity index (χ0n) is 10.7. The maximum Gasteiger partial charge on any atom is 0.335 e. The summed E-state index contributed by atoms with van der Waals surface area (Å²) in [7, 11) is 0. The average Bonchev–Trinajstić information content (AvgIpc) is 3.11. The van der Waals surface area contributed by atoms with E-state index in [0.29, 0.717) is 0 Å². The van der Waals surface area contributed by atoms with E-state index in [1.807, 2.05) is 24.3 Å². The SMILES string of the molecule is O=C(On1cccc1-c1cccnc1)C1CCCC1. The Bertz CT molecular complexity index is 557. The Morgan fingerprint density at radius 2 is 2.11 bits per heavy atom. The average molecular weight is 256 g/mol. The smallest absolute Gasteiger partial charge is 0.335 e. The van der Waals surface area contributed by atoms with Crippen molar-refractivity contribution in [2.45, 2.75) is 25.7 Å². The van der Waals surface area contributed by atoms with Gasteiger partial charge in [0.2, 0.25) is 0 Å². The number of hydrogen-bond donors (Lipinski definition) is 0. The van der Waals surface area contributed by atoms with E-state index in [9.17, 15) is 4.79 Å². The van der Waals surface area contributed by atoms with E-state index in [4.69, 9.17) is 4.84 Å². The maximum atomic E-state index is 12.0. The summed E-state index contributed by atoms with van der Waals surface area (Å²) in [6.45, 7) is 0. The predicted molar refractivity (Wildman–Crippen MR) is 71.2 cm³/mol. The second-order valence-corrected chi connectivity index (χ2v) is 4.85. The third-order valence-electron chi connectivity index (χ3n) is 3.55. The van der Waals surface area contributed by atoms with Crippen LogP contribution in [0, 0.1) is 5.92 Å². The van der Waals surface area contributed by atoms with Crippen molar-refractivity contribution >= 4 is 5.97 Å². The highest BCUT2D eigenvalue weighted by Gasteiger charge is 2.25. The molecule has 0 atom stereocenters. The lowest BCUT2D eigenvalue weighted by Gasteiger charge is -2.12. The maximum absolute atomic E-state index is 12.0. The molecule has 0 bridgehead atoms. The molecule has 19 heavy (non-hydrogen) atoms. The Labute approximate surface area is 112 Å². The number of nitrogens with zero attached hydrogens (tertiary/aromatic N) is 2. The van der Waals surface area contributed by atoms with Gasteiger partial charge in [-0.15, -0.1) is 0 Å². The third-order valence-corrected chi connectivity index (χ3v) is 3.55. The van der Waals surface area contributed by atoms with Gasteiger partial charge < -0.3 is 4.84 Å². The van der Waals surface area contributed by atoms with E-state index in [0.717, 1.165) is 36.9 Å². The van der Waals surface area contributed by atoms with Crippen LogP contribution in [0.5, 0.6) is 0 Å². The molecule has 4 nitrogen and oxygen atoms in total. The van der Waals surface area contributed by atoms with Crippen molar-refractivity contribution in [3.8, 4) is 11.3 Å². The zero-order valence-corrected chi connectivity index (χ0v) is 10.7. The van der Waals surface area contributed by atoms with Crippen LogP contribution in [0.2, 0.25) is 0 Å². The molecule has 0 aromatic carbocycles. The van der Waals surface area contributed by atoms with Crippen molar-refractivity contribution in [1.82, 2.24) is 9.71 Å². The van der Waals surface area contributed by atoms with Crippen LogP contribution < -0.4 is 4.84 Å². The van der Waals surface area contributed by atoms with E-state index in [1.54, 1.807) is 18.6 Å². The third kappa shape index (κ3) is 2.52. The standard InChI is InChI=1S/C15H16N2O2/c18-15(12-5-1-2-6-12)19-17-10-4-8-14(17)13-7-3-9-16-11-13/h3-4,7-12H,1-2,5-6H2. The lowest BCUT2D eigenvalue weighted by Crippen LogP contribution is -2.25. The molecule has 0 unspecified atom stereocenters. The van der Waals surface area contributed by atoms with Gasteiger partial charge in [0.1, 0.15) is 0 Å². The topological polar surface area (TPSA) is 44.1 Å². The predicted octanol–water partition coefficient (Wildman–Crippen LogP) is 2.70. The summed E-state index contributed by atoms with van der Waals surface area (Å²) in [6, 6.07) is 7.59. The molecule has 0 spiro atoms. The Balaban J connectivity index is 1.79. The fraction of sp³-hybridized carbons (Fsp3) is 0.333. The first-order valence-electron chi connectivity index (χ1n) is 6.64. The molecule has 3 rings (SSSR count). The summed E-state index contributed by atoms with van der Waals surface area (Å²) in [4.78, 5) is 21.6. The molecule has 0 radical (unpaired) electrons. The molecule has 2 aromatic rings. The van der Waals surface area contributed by atoms with Gasteiger partial charge in [-0.3, -0.25) is 4.98 Å². The monoisotopic (exact) mass is 256 g/mol. The molecule has 1 aliphatic carbocycles. The molecule has 2 heterocycles. The summed E-state index contributed by atoms with van der Waals surface area (Å²) in [5.74, 6) is -0.0667. The molecule has 0 aliphatic heterocycles. The van der Waals surface area contributed by atoms with Gasteiger partial charge in [0, 0.05) is 24.2 Å². The number of hydrogen-bond acceptors (Lipinski definition) is 3.